The van der Waals surface area contributed by atoms with Crippen molar-refractivity contribution >= 4 is 0 Å². The Morgan fingerprint density at radius 1 is 1.11 bits per heavy atom. The molecule has 1 aliphatic heterocycles. The molecule has 0 saturated heterocycles. The van der Waals surface area contributed by atoms with Gasteiger partial charge in [-0.3, -0.25) is 0 Å². The van der Waals surface area contributed by atoms with Gasteiger partial charge in [0.05, 0.1) is 0 Å². The highest BCUT2D eigenvalue weighted by molar-refractivity contribution is 5.76. The van der Waals surface area contributed by atoms with E-state index < -0.39 is 0 Å². The first-order valence-electron chi connectivity index (χ1n) is 6.29. The second-order valence-corrected chi connectivity index (χ2v) is 4.79. The molecule has 1 heterocycles. The van der Waals surface area contributed by atoms with E-state index in [1.165, 1.54) is 16.7 Å². The van der Waals surface area contributed by atoms with Crippen molar-refractivity contribution < 1.29 is 9.84 Å². The van der Waals surface area contributed by atoms with Gasteiger partial charge < -0.3 is 9.84 Å². The molecule has 0 spiro atoms. The molecule has 92 valence electrons. The van der Waals surface area contributed by atoms with Crippen molar-refractivity contribution in [3.8, 4) is 22.6 Å². The third kappa shape index (κ3) is 1.65. The standard InChI is InChI=1S/C16H16O2/c1-3-15-14-8-10(2)4-6-12(14)13-7-5-11(17)9-16(13)18-15/h4-9,15,17H,3H2,1-2H3. The minimum absolute atomic E-state index is 0.0780. The fourth-order valence-corrected chi connectivity index (χ4v) is 2.54. The molecule has 2 aromatic carbocycles. The fraction of sp³-hybridized carbons (Fsp3) is 0.250. The van der Waals surface area contributed by atoms with Gasteiger partial charge in [-0.15, -0.1) is 0 Å². The van der Waals surface area contributed by atoms with Crippen molar-refractivity contribution in [3.05, 3.63) is 47.5 Å². The van der Waals surface area contributed by atoms with Crippen molar-refractivity contribution in [3.63, 3.8) is 0 Å². The molecule has 0 saturated carbocycles. The van der Waals surface area contributed by atoms with Gasteiger partial charge >= 0.3 is 0 Å². The maximum absolute atomic E-state index is 9.56. The number of benzene rings is 2. The predicted octanol–water partition coefficient (Wildman–Crippen LogP) is 4.21. The molecule has 0 fully saturated rings. The molecule has 0 aromatic heterocycles. The van der Waals surface area contributed by atoms with E-state index in [0.717, 1.165) is 17.7 Å². The molecule has 0 amide bonds. The molecule has 3 rings (SSSR count). The molecular formula is C16H16O2. The molecule has 2 aromatic rings. The molecule has 0 bridgehead atoms. The first-order valence-corrected chi connectivity index (χ1v) is 6.29. The lowest BCUT2D eigenvalue weighted by Gasteiger charge is -2.28. The minimum atomic E-state index is 0.0780. The van der Waals surface area contributed by atoms with E-state index in [9.17, 15) is 5.11 Å². The number of ether oxygens (including phenoxy) is 1. The number of aromatic hydroxyl groups is 1. The molecule has 18 heavy (non-hydrogen) atoms. The van der Waals surface area contributed by atoms with Gasteiger partial charge in [0.1, 0.15) is 17.6 Å². The molecule has 0 aliphatic carbocycles. The van der Waals surface area contributed by atoms with E-state index in [1.54, 1.807) is 12.1 Å². The van der Waals surface area contributed by atoms with Crippen molar-refractivity contribution in [1.29, 1.82) is 0 Å². The van der Waals surface area contributed by atoms with Crippen molar-refractivity contribution in [2.75, 3.05) is 0 Å². The van der Waals surface area contributed by atoms with Gasteiger partial charge in [-0.25, -0.2) is 0 Å². The third-order valence-corrected chi connectivity index (χ3v) is 3.45. The number of aryl methyl sites for hydroxylation is 1. The van der Waals surface area contributed by atoms with Gasteiger partial charge in [0.25, 0.3) is 0 Å². The first-order chi connectivity index (χ1) is 8.69. The molecule has 0 radical (unpaired) electrons. The highest BCUT2D eigenvalue weighted by atomic mass is 16.5. The van der Waals surface area contributed by atoms with Crippen LogP contribution in [0.5, 0.6) is 11.5 Å². The average Bonchev–Trinajstić information content (AvgIpc) is 2.37. The zero-order valence-corrected chi connectivity index (χ0v) is 10.6. The van der Waals surface area contributed by atoms with Crippen LogP contribution in [0.1, 0.15) is 30.6 Å². The summed E-state index contributed by atoms with van der Waals surface area (Å²) in [6.45, 7) is 4.21. The van der Waals surface area contributed by atoms with Gasteiger partial charge in [-0.1, -0.05) is 30.7 Å². The zero-order valence-electron chi connectivity index (χ0n) is 10.6. The Morgan fingerprint density at radius 2 is 1.89 bits per heavy atom. The second kappa shape index (κ2) is 4.05. The Hall–Kier alpha value is -1.96. The molecule has 1 N–H and O–H groups in total. The van der Waals surface area contributed by atoms with Crippen LogP contribution in [0.25, 0.3) is 11.1 Å². The minimum Gasteiger partial charge on any atom is -0.508 e. The van der Waals surface area contributed by atoms with Gasteiger partial charge in [0.15, 0.2) is 0 Å². The number of rotatable bonds is 1. The Bertz CT molecular complexity index is 602. The molecule has 2 heteroatoms. The van der Waals surface area contributed by atoms with Crippen molar-refractivity contribution in [1.82, 2.24) is 0 Å². The highest BCUT2D eigenvalue weighted by Gasteiger charge is 2.24. The summed E-state index contributed by atoms with van der Waals surface area (Å²) in [6.07, 6.45) is 1.00. The van der Waals surface area contributed by atoms with Crippen LogP contribution < -0.4 is 4.74 Å². The van der Waals surface area contributed by atoms with E-state index in [0.29, 0.717) is 0 Å². The van der Waals surface area contributed by atoms with Crippen molar-refractivity contribution in [2.45, 2.75) is 26.4 Å². The SMILES string of the molecule is CCC1Oc2cc(O)ccc2-c2ccc(C)cc21. The van der Waals surface area contributed by atoms with E-state index in [1.807, 2.05) is 6.07 Å². The number of hydrogen-bond acceptors (Lipinski definition) is 2. The van der Waals surface area contributed by atoms with Crippen LogP contribution in [-0.2, 0) is 0 Å². The largest absolute Gasteiger partial charge is 0.508 e. The van der Waals surface area contributed by atoms with Crippen LogP contribution in [0.15, 0.2) is 36.4 Å². The lowest BCUT2D eigenvalue weighted by Crippen LogP contribution is -2.13. The summed E-state index contributed by atoms with van der Waals surface area (Å²) in [6, 6.07) is 11.8. The fourth-order valence-electron chi connectivity index (χ4n) is 2.54. The van der Waals surface area contributed by atoms with Gasteiger partial charge in [-0.2, -0.15) is 0 Å². The van der Waals surface area contributed by atoms with Gasteiger partial charge in [-0.05, 0) is 31.0 Å². The van der Waals surface area contributed by atoms with Crippen LogP contribution in [-0.4, -0.2) is 5.11 Å². The summed E-state index contributed by atoms with van der Waals surface area (Å²) < 4.78 is 5.98. The molecule has 1 atom stereocenters. The van der Waals surface area contributed by atoms with E-state index in [4.69, 9.17) is 4.74 Å². The quantitative estimate of drug-likeness (QED) is 0.809. The normalized spacial score (nSPS) is 16.7. The lowest BCUT2D eigenvalue weighted by atomic mass is 9.90. The lowest BCUT2D eigenvalue weighted by molar-refractivity contribution is 0.197. The first kappa shape index (κ1) is 11.1. The van der Waals surface area contributed by atoms with Crippen LogP contribution >= 0.6 is 0 Å². The molecule has 1 unspecified atom stereocenters. The number of hydrogen-bond donors (Lipinski definition) is 1. The Morgan fingerprint density at radius 3 is 2.67 bits per heavy atom. The van der Waals surface area contributed by atoms with E-state index in [2.05, 4.69) is 32.0 Å². The zero-order chi connectivity index (χ0) is 12.7. The maximum Gasteiger partial charge on any atom is 0.131 e. The van der Waals surface area contributed by atoms with Crippen molar-refractivity contribution in [2.24, 2.45) is 0 Å². The van der Waals surface area contributed by atoms with Gasteiger partial charge in [0.2, 0.25) is 0 Å². The summed E-state index contributed by atoms with van der Waals surface area (Å²) in [4.78, 5) is 0. The third-order valence-electron chi connectivity index (χ3n) is 3.45. The van der Waals surface area contributed by atoms with Crippen LogP contribution in [0.4, 0.5) is 0 Å². The topological polar surface area (TPSA) is 29.5 Å². The van der Waals surface area contributed by atoms with E-state index >= 15 is 0 Å². The second-order valence-electron chi connectivity index (χ2n) is 4.79. The summed E-state index contributed by atoms with van der Waals surface area (Å²) in [5.41, 5.74) is 4.77. The molecule has 2 nitrogen and oxygen atoms in total. The van der Waals surface area contributed by atoms with E-state index in [-0.39, 0.29) is 11.9 Å². The Kier molecular flexibility index (Phi) is 2.51. The Labute approximate surface area is 107 Å². The number of phenolic OH excluding ortho intramolecular Hbond substituents is 1. The maximum atomic E-state index is 9.56. The van der Waals surface area contributed by atoms with Crippen LogP contribution in [0.2, 0.25) is 0 Å². The summed E-state index contributed by atoms with van der Waals surface area (Å²) in [5, 5.41) is 9.56. The Balaban J connectivity index is 2.24. The number of fused-ring (bicyclic) bond motifs is 3. The number of phenols is 1. The van der Waals surface area contributed by atoms with Crippen LogP contribution in [0, 0.1) is 6.92 Å². The van der Waals surface area contributed by atoms with Gasteiger partial charge in [0, 0.05) is 17.2 Å². The monoisotopic (exact) mass is 240 g/mol. The molecule has 1 aliphatic rings. The summed E-state index contributed by atoms with van der Waals surface area (Å²) in [5.74, 6) is 1.03. The summed E-state index contributed by atoms with van der Waals surface area (Å²) in [7, 11) is 0. The smallest absolute Gasteiger partial charge is 0.131 e. The van der Waals surface area contributed by atoms with Crippen LogP contribution in [0.3, 0.4) is 0 Å². The molecular weight excluding hydrogens is 224 g/mol. The summed E-state index contributed by atoms with van der Waals surface area (Å²) >= 11 is 0. The highest BCUT2D eigenvalue weighted by Crippen LogP contribution is 2.44. The predicted molar refractivity (Wildman–Crippen MR) is 71.9 cm³/mol. The average molecular weight is 240 g/mol.